The van der Waals surface area contributed by atoms with Crippen LogP contribution in [0.1, 0.15) is 29.7 Å². The smallest absolute Gasteiger partial charge is 0.318 e. The number of nitrogens with one attached hydrogen (secondary N) is 1. The van der Waals surface area contributed by atoms with Crippen molar-refractivity contribution in [3.8, 4) is 5.88 Å². The zero-order chi connectivity index (χ0) is 16.2. The molecule has 0 radical (unpaired) electrons. The van der Waals surface area contributed by atoms with Gasteiger partial charge in [-0.15, -0.1) is 0 Å². The molecule has 23 heavy (non-hydrogen) atoms. The SMILES string of the molecule is COc1ccc(CNC(=O)N2CCc3ccccc3C2C)cn1. The highest BCUT2D eigenvalue weighted by atomic mass is 16.5. The first-order valence-corrected chi connectivity index (χ1v) is 7.80. The third-order valence-electron chi connectivity index (χ3n) is 4.31. The number of aromatic nitrogens is 1. The summed E-state index contributed by atoms with van der Waals surface area (Å²) in [6.45, 7) is 3.28. The second-order valence-corrected chi connectivity index (χ2v) is 5.69. The molecule has 1 atom stereocenters. The molecule has 2 aromatic rings. The van der Waals surface area contributed by atoms with Crippen LogP contribution in [0.15, 0.2) is 42.6 Å². The van der Waals surface area contributed by atoms with Crippen LogP contribution in [0.25, 0.3) is 0 Å². The summed E-state index contributed by atoms with van der Waals surface area (Å²) in [6, 6.07) is 12.1. The monoisotopic (exact) mass is 311 g/mol. The number of amides is 2. The number of nitrogens with zero attached hydrogens (tertiary/aromatic N) is 2. The van der Waals surface area contributed by atoms with E-state index in [-0.39, 0.29) is 12.1 Å². The molecule has 3 rings (SSSR count). The van der Waals surface area contributed by atoms with Gasteiger partial charge in [0.1, 0.15) is 0 Å². The molecule has 1 aromatic carbocycles. The van der Waals surface area contributed by atoms with E-state index in [1.807, 2.05) is 17.0 Å². The van der Waals surface area contributed by atoms with E-state index in [1.165, 1.54) is 11.1 Å². The maximum absolute atomic E-state index is 12.5. The lowest BCUT2D eigenvalue weighted by molar-refractivity contribution is 0.174. The summed E-state index contributed by atoms with van der Waals surface area (Å²) in [5, 5.41) is 2.97. The van der Waals surface area contributed by atoms with Gasteiger partial charge in [-0.05, 0) is 30.0 Å². The molecule has 120 valence electrons. The highest BCUT2D eigenvalue weighted by molar-refractivity contribution is 5.75. The fraction of sp³-hybridized carbons (Fsp3) is 0.333. The van der Waals surface area contributed by atoms with Gasteiger partial charge in [0.25, 0.3) is 0 Å². The summed E-state index contributed by atoms with van der Waals surface area (Å²) in [5.74, 6) is 0.571. The molecule has 1 N–H and O–H groups in total. The minimum atomic E-state index is -0.0391. The Bertz CT molecular complexity index is 685. The topological polar surface area (TPSA) is 54.5 Å². The molecule has 5 heteroatoms. The van der Waals surface area contributed by atoms with Crippen molar-refractivity contribution in [3.63, 3.8) is 0 Å². The van der Waals surface area contributed by atoms with Crippen LogP contribution >= 0.6 is 0 Å². The average Bonchev–Trinajstić information content (AvgIpc) is 2.60. The minimum absolute atomic E-state index is 0.0391. The second kappa shape index (κ2) is 6.69. The van der Waals surface area contributed by atoms with Crippen molar-refractivity contribution in [1.82, 2.24) is 15.2 Å². The number of ether oxygens (including phenoxy) is 1. The standard InChI is InChI=1S/C18H21N3O2/c1-13-16-6-4-3-5-15(16)9-10-21(13)18(22)20-12-14-7-8-17(23-2)19-11-14/h3-8,11,13H,9-10,12H2,1-2H3,(H,20,22). The van der Waals surface area contributed by atoms with Gasteiger partial charge in [-0.2, -0.15) is 0 Å². The predicted molar refractivity (Wildman–Crippen MR) is 88.3 cm³/mol. The Balaban J connectivity index is 1.62. The van der Waals surface area contributed by atoms with Gasteiger partial charge in [-0.25, -0.2) is 9.78 Å². The Morgan fingerprint density at radius 2 is 2.17 bits per heavy atom. The lowest BCUT2D eigenvalue weighted by atomic mass is 9.94. The van der Waals surface area contributed by atoms with Crippen molar-refractivity contribution in [3.05, 3.63) is 59.3 Å². The normalized spacial score (nSPS) is 16.6. The van der Waals surface area contributed by atoms with Gasteiger partial charge in [-0.1, -0.05) is 30.3 Å². The van der Waals surface area contributed by atoms with Crippen LogP contribution in [0.3, 0.4) is 0 Å². The van der Waals surface area contributed by atoms with Crippen LogP contribution < -0.4 is 10.1 Å². The summed E-state index contributed by atoms with van der Waals surface area (Å²) < 4.78 is 5.03. The van der Waals surface area contributed by atoms with Gasteiger partial charge >= 0.3 is 6.03 Å². The van der Waals surface area contributed by atoms with Gasteiger partial charge in [0.05, 0.1) is 13.2 Å². The maximum atomic E-state index is 12.5. The van der Waals surface area contributed by atoms with E-state index in [2.05, 4.69) is 35.4 Å². The Morgan fingerprint density at radius 1 is 1.35 bits per heavy atom. The molecule has 1 aromatic heterocycles. The third kappa shape index (κ3) is 3.28. The molecule has 0 bridgehead atoms. The van der Waals surface area contributed by atoms with Crippen LogP contribution in [0.5, 0.6) is 5.88 Å². The summed E-state index contributed by atoms with van der Waals surface area (Å²) in [6.07, 6.45) is 2.62. The van der Waals surface area contributed by atoms with E-state index in [0.29, 0.717) is 12.4 Å². The Morgan fingerprint density at radius 3 is 2.91 bits per heavy atom. The van der Waals surface area contributed by atoms with Gasteiger partial charge in [0.2, 0.25) is 5.88 Å². The highest BCUT2D eigenvalue weighted by Crippen LogP contribution is 2.28. The number of rotatable bonds is 3. The molecule has 2 heterocycles. The molecule has 5 nitrogen and oxygen atoms in total. The van der Waals surface area contributed by atoms with Gasteiger partial charge < -0.3 is 15.0 Å². The highest BCUT2D eigenvalue weighted by Gasteiger charge is 2.26. The predicted octanol–water partition coefficient (Wildman–Crippen LogP) is 2.92. The zero-order valence-electron chi connectivity index (χ0n) is 13.5. The lowest BCUT2D eigenvalue weighted by Gasteiger charge is -2.35. The zero-order valence-corrected chi connectivity index (χ0v) is 13.5. The maximum Gasteiger partial charge on any atom is 0.318 e. The summed E-state index contributed by atoms with van der Waals surface area (Å²) in [7, 11) is 1.58. The van der Waals surface area contributed by atoms with E-state index >= 15 is 0 Å². The fourth-order valence-electron chi connectivity index (χ4n) is 2.96. The number of carbonyl (C=O) groups excluding carboxylic acids is 1. The molecule has 0 aliphatic carbocycles. The van der Waals surface area contributed by atoms with E-state index in [4.69, 9.17) is 4.74 Å². The van der Waals surface area contributed by atoms with Crippen LogP contribution in [0, 0.1) is 0 Å². The number of urea groups is 1. The number of carbonyl (C=O) groups is 1. The molecule has 0 saturated heterocycles. The number of hydrogen-bond donors (Lipinski definition) is 1. The number of fused-ring (bicyclic) bond motifs is 1. The van der Waals surface area contributed by atoms with Crippen molar-refractivity contribution in [2.45, 2.75) is 25.9 Å². The first kappa shape index (κ1) is 15.3. The second-order valence-electron chi connectivity index (χ2n) is 5.69. The van der Waals surface area contributed by atoms with E-state index < -0.39 is 0 Å². The average molecular weight is 311 g/mol. The van der Waals surface area contributed by atoms with Crippen molar-refractivity contribution < 1.29 is 9.53 Å². The number of hydrogen-bond acceptors (Lipinski definition) is 3. The van der Waals surface area contributed by atoms with Gasteiger partial charge in [-0.3, -0.25) is 0 Å². The lowest BCUT2D eigenvalue weighted by Crippen LogP contribution is -2.44. The fourth-order valence-corrected chi connectivity index (χ4v) is 2.96. The Hall–Kier alpha value is -2.56. The number of methoxy groups -OCH3 is 1. The van der Waals surface area contributed by atoms with E-state index in [1.54, 1.807) is 19.4 Å². The van der Waals surface area contributed by atoms with Crippen LogP contribution in [-0.4, -0.2) is 29.6 Å². The molecule has 2 amide bonds. The minimum Gasteiger partial charge on any atom is -0.481 e. The van der Waals surface area contributed by atoms with Crippen molar-refractivity contribution >= 4 is 6.03 Å². The molecule has 0 spiro atoms. The summed E-state index contributed by atoms with van der Waals surface area (Å²) in [5.41, 5.74) is 3.52. The van der Waals surface area contributed by atoms with E-state index in [9.17, 15) is 4.79 Å². The molecule has 0 saturated carbocycles. The van der Waals surface area contributed by atoms with Crippen molar-refractivity contribution in [1.29, 1.82) is 0 Å². The van der Waals surface area contributed by atoms with Gasteiger partial charge in [0.15, 0.2) is 0 Å². The number of benzene rings is 1. The molecule has 1 unspecified atom stereocenters. The van der Waals surface area contributed by atoms with Crippen LogP contribution in [0.4, 0.5) is 4.79 Å². The largest absolute Gasteiger partial charge is 0.481 e. The molecule has 0 fully saturated rings. The molecular formula is C18H21N3O2. The first-order chi connectivity index (χ1) is 11.2. The van der Waals surface area contributed by atoms with Crippen LogP contribution in [0.2, 0.25) is 0 Å². The first-order valence-electron chi connectivity index (χ1n) is 7.80. The quantitative estimate of drug-likeness (QED) is 0.948. The van der Waals surface area contributed by atoms with E-state index in [0.717, 1.165) is 18.5 Å². The summed E-state index contributed by atoms with van der Waals surface area (Å²) >= 11 is 0. The Kier molecular flexibility index (Phi) is 4.46. The van der Waals surface area contributed by atoms with Gasteiger partial charge in [0, 0.05) is 25.4 Å². The van der Waals surface area contributed by atoms with Crippen molar-refractivity contribution in [2.75, 3.05) is 13.7 Å². The molecular weight excluding hydrogens is 290 g/mol. The number of pyridine rings is 1. The van der Waals surface area contributed by atoms with Crippen LogP contribution in [-0.2, 0) is 13.0 Å². The molecule has 1 aliphatic heterocycles. The van der Waals surface area contributed by atoms with Crippen molar-refractivity contribution in [2.24, 2.45) is 0 Å². The third-order valence-corrected chi connectivity index (χ3v) is 4.31. The summed E-state index contributed by atoms with van der Waals surface area (Å²) in [4.78, 5) is 18.5. The molecule has 1 aliphatic rings. The Labute approximate surface area is 136 Å².